The molecule has 0 amide bonds. The van der Waals surface area contributed by atoms with Gasteiger partial charge in [-0.1, -0.05) is 34.1 Å². The van der Waals surface area contributed by atoms with Crippen molar-refractivity contribution in [3.63, 3.8) is 0 Å². The molecule has 0 aliphatic carbocycles. The molecule has 2 aromatic carbocycles. The largest absolute Gasteiger partial charge is 0.381 e. The number of nitro groups is 1. The van der Waals surface area contributed by atoms with Crippen molar-refractivity contribution in [1.29, 1.82) is 0 Å². The van der Waals surface area contributed by atoms with Crippen molar-refractivity contribution < 1.29 is 9.31 Å². The Kier molecular flexibility index (Phi) is 4.11. The van der Waals surface area contributed by atoms with Crippen molar-refractivity contribution in [2.24, 2.45) is 0 Å². The van der Waals surface area contributed by atoms with Crippen LogP contribution >= 0.6 is 15.9 Å². The minimum absolute atomic E-state index is 0.490. The van der Waals surface area contributed by atoms with Gasteiger partial charge in [0, 0.05) is 22.8 Å². The minimum atomic E-state index is -0.837. The van der Waals surface area contributed by atoms with Gasteiger partial charge < -0.3 is 5.32 Å². The smallest absolute Gasteiger partial charge is 0.306 e. The molecule has 4 nitrogen and oxygen atoms in total. The van der Waals surface area contributed by atoms with Crippen LogP contribution in [0.2, 0.25) is 0 Å². The van der Waals surface area contributed by atoms with Gasteiger partial charge in [0.2, 0.25) is 5.82 Å². The minimum Gasteiger partial charge on any atom is -0.381 e. The third-order valence-corrected chi connectivity index (χ3v) is 3.36. The van der Waals surface area contributed by atoms with E-state index in [4.69, 9.17) is 0 Å². The van der Waals surface area contributed by atoms with E-state index in [1.807, 2.05) is 24.3 Å². The predicted octanol–water partition coefficient (Wildman–Crippen LogP) is 4.11. The Morgan fingerprint density at radius 3 is 2.68 bits per heavy atom. The molecule has 0 saturated heterocycles. The van der Waals surface area contributed by atoms with Gasteiger partial charge in [0.1, 0.15) is 0 Å². The van der Waals surface area contributed by atoms with E-state index in [1.165, 1.54) is 12.1 Å². The first-order valence-corrected chi connectivity index (χ1v) is 6.28. The zero-order chi connectivity index (χ0) is 13.8. The second-order valence-corrected chi connectivity index (χ2v) is 4.72. The zero-order valence-electron chi connectivity index (χ0n) is 9.77. The van der Waals surface area contributed by atoms with Crippen LogP contribution in [0, 0.1) is 15.9 Å². The van der Waals surface area contributed by atoms with Crippen LogP contribution in [0.4, 0.5) is 15.8 Å². The second kappa shape index (κ2) is 5.79. The molecule has 2 aromatic rings. The fourth-order valence-electron chi connectivity index (χ4n) is 1.60. The lowest BCUT2D eigenvalue weighted by molar-refractivity contribution is -0.387. The van der Waals surface area contributed by atoms with Gasteiger partial charge >= 0.3 is 5.69 Å². The average molecular weight is 325 g/mol. The number of benzene rings is 2. The Morgan fingerprint density at radius 1 is 1.26 bits per heavy atom. The standard InChI is InChI=1S/C13H10BrFN2O2/c14-11-4-2-1-3-9(11)8-16-10-5-6-12(15)13(7-10)17(18)19/h1-7,16H,8H2. The van der Waals surface area contributed by atoms with Crippen molar-refractivity contribution in [2.45, 2.75) is 6.54 Å². The predicted molar refractivity (Wildman–Crippen MR) is 74.5 cm³/mol. The van der Waals surface area contributed by atoms with E-state index in [-0.39, 0.29) is 0 Å². The van der Waals surface area contributed by atoms with Gasteiger partial charge in [0.15, 0.2) is 0 Å². The summed E-state index contributed by atoms with van der Waals surface area (Å²) in [5, 5.41) is 13.7. The molecule has 2 rings (SSSR count). The summed E-state index contributed by atoms with van der Waals surface area (Å²) in [6, 6.07) is 11.4. The van der Waals surface area contributed by atoms with E-state index in [9.17, 15) is 14.5 Å². The van der Waals surface area contributed by atoms with E-state index >= 15 is 0 Å². The van der Waals surface area contributed by atoms with Crippen molar-refractivity contribution in [1.82, 2.24) is 0 Å². The summed E-state index contributed by atoms with van der Waals surface area (Å²) in [6.07, 6.45) is 0. The molecule has 19 heavy (non-hydrogen) atoms. The lowest BCUT2D eigenvalue weighted by atomic mass is 10.2. The molecule has 0 bridgehead atoms. The van der Waals surface area contributed by atoms with Gasteiger partial charge in [-0.25, -0.2) is 0 Å². The molecule has 0 aliphatic rings. The highest BCUT2D eigenvalue weighted by Crippen LogP contribution is 2.23. The van der Waals surface area contributed by atoms with E-state index in [2.05, 4.69) is 21.2 Å². The number of nitrogens with one attached hydrogen (secondary N) is 1. The summed E-state index contributed by atoms with van der Waals surface area (Å²) in [5.74, 6) is -0.837. The highest BCUT2D eigenvalue weighted by atomic mass is 79.9. The lowest BCUT2D eigenvalue weighted by Crippen LogP contribution is -2.01. The lowest BCUT2D eigenvalue weighted by Gasteiger charge is -2.08. The Morgan fingerprint density at radius 2 is 2.00 bits per heavy atom. The number of anilines is 1. The monoisotopic (exact) mass is 324 g/mol. The van der Waals surface area contributed by atoms with Crippen LogP contribution in [0.25, 0.3) is 0 Å². The molecule has 6 heteroatoms. The summed E-state index contributed by atoms with van der Waals surface area (Å²) in [7, 11) is 0. The molecule has 0 atom stereocenters. The fraction of sp³-hybridized carbons (Fsp3) is 0.0769. The average Bonchev–Trinajstić information content (AvgIpc) is 2.39. The summed E-state index contributed by atoms with van der Waals surface area (Å²) in [4.78, 5) is 9.90. The maximum atomic E-state index is 13.2. The molecule has 0 unspecified atom stereocenters. The number of nitrogens with zero attached hydrogens (tertiary/aromatic N) is 1. The number of rotatable bonds is 4. The van der Waals surface area contributed by atoms with E-state index in [0.29, 0.717) is 12.2 Å². The topological polar surface area (TPSA) is 55.2 Å². The number of hydrogen-bond acceptors (Lipinski definition) is 3. The van der Waals surface area contributed by atoms with Crippen LogP contribution in [0.1, 0.15) is 5.56 Å². The quantitative estimate of drug-likeness (QED) is 0.680. The van der Waals surface area contributed by atoms with Crippen LogP contribution in [-0.2, 0) is 6.54 Å². The highest BCUT2D eigenvalue weighted by Gasteiger charge is 2.14. The molecule has 0 aromatic heterocycles. The van der Waals surface area contributed by atoms with Crippen LogP contribution in [-0.4, -0.2) is 4.92 Å². The number of nitro benzene ring substituents is 1. The molecule has 0 saturated carbocycles. The Hall–Kier alpha value is -1.95. The summed E-state index contributed by atoms with van der Waals surface area (Å²) >= 11 is 3.41. The SMILES string of the molecule is O=[N+]([O-])c1cc(NCc2ccccc2Br)ccc1F. The highest BCUT2D eigenvalue weighted by molar-refractivity contribution is 9.10. The van der Waals surface area contributed by atoms with Gasteiger partial charge in [0.25, 0.3) is 0 Å². The van der Waals surface area contributed by atoms with Crippen LogP contribution in [0.3, 0.4) is 0 Å². The Balaban J connectivity index is 2.14. The van der Waals surface area contributed by atoms with Crippen molar-refractivity contribution in [3.05, 3.63) is 68.4 Å². The third kappa shape index (κ3) is 3.29. The number of halogens is 2. The normalized spacial score (nSPS) is 10.2. The zero-order valence-corrected chi connectivity index (χ0v) is 11.4. The molecule has 1 N–H and O–H groups in total. The first kappa shape index (κ1) is 13.5. The van der Waals surface area contributed by atoms with Gasteiger partial charge in [-0.15, -0.1) is 0 Å². The van der Waals surface area contributed by atoms with Gasteiger partial charge in [-0.3, -0.25) is 10.1 Å². The third-order valence-electron chi connectivity index (χ3n) is 2.58. The van der Waals surface area contributed by atoms with Crippen LogP contribution in [0.15, 0.2) is 46.9 Å². The van der Waals surface area contributed by atoms with E-state index in [0.717, 1.165) is 16.1 Å². The molecule has 0 aliphatic heterocycles. The summed E-state index contributed by atoms with van der Waals surface area (Å²) in [6.45, 7) is 0.490. The summed E-state index contributed by atoms with van der Waals surface area (Å²) in [5.41, 5.74) is 0.982. The van der Waals surface area contributed by atoms with Gasteiger partial charge in [0.05, 0.1) is 4.92 Å². The maximum Gasteiger partial charge on any atom is 0.306 e. The van der Waals surface area contributed by atoms with Gasteiger partial charge in [-0.05, 0) is 23.8 Å². The summed E-state index contributed by atoms with van der Waals surface area (Å²) < 4.78 is 14.1. The van der Waals surface area contributed by atoms with Gasteiger partial charge in [-0.2, -0.15) is 4.39 Å². The van der Waals surface area contributed by atoms with Crippen molar-refractivity contribution >= 4 is 27.3 Å². The molecule has 0 fully saturated rings. The Bertz CT molecular complexity index is 619. The molecule has 98 valence electrons. The molecular weight excluding hydrogens is 315 g/mol. The molecular formula is C13H10BrFN2O2. The second-order valence-electron chi connectivity index (χ2n) is 3.87. The van der Waals surface area contributed by atoms with Crippen LogP contribution in [0.5, 0.6) is 0 Å². The van der Waals surface area contributed by atoms with Crippen molar-refractivity contribution in [2.75, 3.05) is 5.32 Å². The molecule has 0 heterocycles. The first-order valence-electron chi connectivity index (χ1n) is 5.49. The van der Waals surface area contributed by atoms with E-state index in [1.54, 1.807) is 0 Å². The first-order chi connectivity index (χ1) is 9.08. The maximum absolute atomic E-state index is 13.2. The number of hydrogen-bond donors (Lipinski definition) is 1. The van der Waals surface area contributed by atoms with Crippen LogP contribution < -0.4 is 5.32 Å². The van der Waals surface area contributed by atoms with Crippen molar-refractivity contribution in [3.8, 4) is 0 Å². The Labute approximate surface area is 117 Å². The fourth-order valence-corrected chi connectivity index (χ4v) is 2.03. The molecule has 0 radical (unpaired) electrons. The molecule has 0 spiro atoms. The van der Waals surface area contributed by atoms with E-state index < -0.39 is 16.4 Å².